The minimum atomic E-state index is 0.0525. The predicted molar refractivity (Wildman–Crippen MR) is 86.0 cm³/mol. The Hall–Kier alpha value is -2.93. The number of hydrogen-bond donors (Lipinski definition) is 1. The van der Waals surface area contributed by atoms with Gasteiger partial charge in [-0.15, -0.1) is 0 Å². The topological polar surface area (TPSA) is 84.4 Å². The molecule has 1 aliphatic rings. The molecule has 1 amide bonds. The largest absolute Gasteiger partial charge is 0.461 e. The molecule has 7 nitrogen and oxygen atoms in total. The zero-order valence-electron chi connectivity index (χ0n) is 12.9. The summed E-state index contributed by atoms with van der Waals surface area (Å²) in [6, 6.07) is 13.3. The van der Waals surface area contributed by atoms with Gasteiger partial charge in [-0.3, -0.25) is 4.79 Å². The molecule has 2 aromatic heterocycles. The fourth-order valence-electron chi connectivity index (χ4n) is 2.77. The van der Waals surface area contributed by atoms with E-state index in [0.29, 0.717) is 37.0 Å². The van der Waals surface area contributed by atoms with Gasteiger partial charge < -0.3 is 19.2 Å². The Morgan fingerprint density at radius 2 is 2.08 bits per heavy atom. The summed E-state index contributed by atoms with van der Waals surface area (Å²) < 4.78 is 10.4. The van der Waals surface area contributed by atoms with E-state index in [-0.39, 0.29) is 11.9 Å². The molecule has 4 rings (SSSR count). The van der Waals surface area contributed by atoms with Crippen molar-refractivity contribution < 1.29 is 13.7 Å². The molecular formula is C17H16N4O3. The highest BCUT2D eigenvalue weighted by Crippen LogP contribution is 2.21. The van der Waals surface area contributed by atoms with Gasteiger partial charge in [-0.1, -0.05) is 23.4 Å². The number of furan rings is 1. The van der Waals surface area contributed by atoms with Gasteiger partial charge in [-0.2, -0.15) is 4.98 Å². The third kappa shape index (κ3) is 2.93. The van der Waals surface area contributed by atoms with Crippen molar-refractivity contribution in [3.05, 3.63) is 54.6 Å². The van der Waals surface area contributed by atoms with Crippen LogP contribution in [0.15, 0.2) is 57.7 Å². The number of hydrogen-bond acceptors (Lipinski definition) is 6. The molecule has 1 unspecified atom stereocenters. The summed E-state index contributed by atoms with van der Waals surface area (Å²) in [5.74, 6) is 1.56. The van der Waals surface area contributed by atoms with Crippen molar-refractivity contribution in [3.63, 3.8) is 0 Å². The van der Waals surface area contributed by atoms with Gasteiger partial charge in [0.05, 0.1) is 12.8 Å². The zero-order valence-corrected chi connectivity index (χ0v) is 12.9. The summed E-state index contributed by atoms with van der Waals surface area (Å²) in [6.07, 6.45) is 2.01. The van der Waals surface area contributed by atoms with Crippen LogP contribution in [0.25, 0.3) is 11.6 Å². The molecule has 122 valence electrons. The Labute approximate surface area is 138 Å². The Kier molecular flexibility index (Phi) is 3.84. The van der Waals surface area contributed by atoms with Gasteiger partial charge in [0.2, 0.25) is 17.6 Å². The second-order valence-electron chi connectivity index (χ2n) is 5.61. The molecule has 3 aromatic rings. The van der Waals surface area contributed by atoms with Gasteiger partial charge >= 0.3 is 0 Å². The third-order valence-electron chi connectivity index (χ3n) is 3.94. The van der Waals surface area contributed by atoms with Crippen LogP contribution in [0.3, 0.4) is 0 Å². The minimum absolute atomic E-state index is 0.0525. The van der Waals surface area contributed by atoms with Crippen molar-refractivity contribution in [1.29, 1.82) is 0 Å². The number of anilines is 1. The van der Waals surface area contributed by atoms with Crippen molar-refractivity contribution in [2.24, 2.45) is 0 Å². The Balaban J connectivity index is 1.36. The second kappa shape index (κ2) is 6.29. The fourth-order valence-corrected chi connectivity index (χ4v) is 2.77. The van der Waals surface area contributed by atoms with Crippen LogP contribution in [0, 0.1) is 0 Å². The van der Waals surface area contributed by atoms with Crippen LogP contribution in [-0.4, -0.2) is 28.6 Å². The zero-order chi connectivity index (χ0) is 16.4. The van der Waals surface area contributed by atoms with Gasteiger partial charge in [-0.25, -0.2) is 0 Å². The number of rotatable bonds is 5. The molecule has 0 bridgehead atoms. The van der Waals surface area contributed by atoms with E-state index in [9.17, 15) is 4.79 Å². The van der Waals surface area contributed by atoms with Crippen molar-refractivity contribution in [3.8, 4) is 11.6 Å². The van der Waals surface area contributed by atoms with Crippen molar-refractivity contribution >= 4 is 11.6 Å². The van der Waals surface area contributed by atoms with Crippen LogP contribution in [-0.2, 0) is 11.3 Å². The van der Waals surface area contributed by atoms with Crippen LogP contribution >= 0.6 is 0 Å². The highest BCUT2D eigenvalue weighted by molar-refractivity contribution is 5.96. The average Bonchev–Trinajstić information content (AvgIpc) is 3.34. The van der Waals surface area contributed by atoms with Gasteiger partial charge in [0.1, 0.15) is 0 Å². The number of aromatic nitrogens is 2. The summed E-state index contributed by atoms with van der Waals surface area (Å²) in [5.41, 5.74) is 0.921. The maximum Gasteiger partial charge on any atom is 0.241 e. The van der Waals surface area contributed by atoms with Gasteiger partial charge in [-0.05, 0) is 24.3 Å². The lowest BCUT2D eigenvalue weighted by Crippen LogP contribution is -2.32. The van der Waals surface area contributed by atoms with Crippen LogP contribution in [0.5, 0.6) is 0 Å². The van der Waals surface area contributed by atoms with E-state index in [1.807, 2.05) is 30.3 Å². The van der Waals surface area contributed by atoms with Crippen molar-refractivity contribution in [1.82, 2.24) is 15.5 Å². The Morgan fingerprint density at radius 3 is 2.88 bits per heavy atom. The lowest BCUT2D eigenvalue weighted by atomic mass is 10.2. The minimum Gasteiger partial charge on any atom is -0.461 e. The number of carbonyl (C=O) groups excluding carboxylic acids is 1. The van der Waals surface area contributed by atoms with Crippen LogP contribution in [0.1, 0.15) is 12.3 Å². The SMILES string of the molecule is O=C1CC(NCc2nc(-c3ccco3)no2)CN1c1ccccc1. The van der Waals surface area contributed by atoms with Gasteiger partial charge in [0.25, 0.3) is 0 Å². The lowest BCUT2D eigenvalue weighted by molar-refractivity contribution is -0.117. The number of nitrogens with zero attached hydrogens (tertiary/aromatic N) is 3. The van der Waals surface area contributed by atoms with Crippen LogP contribution < -0.4 is 10.2 Å². The molecule has 3 heterocycles. The van der Waals surface area contributed by atoms with E-state index in [1.54, 1.807) is 23.3 Å². The average molecular weight is 324 g/mol. The first-order valence-electron chi connectivity index (χ1n) is 7.75. The fraction of sp³-hybridized carbons (Fsp3) is 0.235. The molecule has 24 heavy (non-hydrogen) atoms. The molecule has 0 spiro atoms. The Bertz CT molecular complexity index is 814. The molecule has 0 radical (unpaired) electrons. The smallest absolute Gasteiger partial charge is 0.241 e. The van der Waals surface area contributed by atoms with Crippen LogP contribution in [0.2, 0.25) is 0 Å². The Morgan fingerprint density at radius 1 is 1.21 bits per heavy atom. The first kappa shape index (κ1) is 14.6. The molecule has 1 aromatic carbocycles. The van der Waals surface area contributed by atoms with Gasteiger partial charge in [0, 0.05) is 24.7 Å². The highest BCUT2D eigenvalue weighted by Gasteiger charge is 2.30. The van der Waals surface area contributed by atoms with E-state index in [2.05, 4.69) is 15.5 Å². The monoisotopic (exact) mass is 324 g/mol. The van der Waals surface area contributed by atoms with Gasteiger partial charge in [0.15, 0.2) is 5.76 Å². The summed E-state index contributed by atoms with van der Waals surface area (Å²) in [5, 5.41) is 7.18. The molecule has 0 saturated carbocycles. The maximum absolute atomic E-state index is 12.2. The van der Waals surface area contributed by atoms with E-state index in [1.165, 1.54) is 0 Å². The number of benzene rings is 1. The summed E-state index contributed by atoms with van der Waals surface area (Å²) in [6.45, 7) is 1.04. The predicted octanol–water partition coefficient (Wildman–Crippen LogP) is 2.22. The first-order valence-corrected chi connectivity index (χ1v) is 7.75. The standard InChI is InChI=1S/C17H16N4O3/c22-16-9-12(11-21(16)13-5-2-1-3-6-13)18-10-15-19-17(20-24-15)14-7-4-8-23-14/h1-8,12,18H,9-11H2. The lowest BCUT2D eigenvalue weighted by Gasteiger charge is -2.16. The van der Waals surface area contributed by atoms with Crippen LogP contribution in [0.4, 0.5) is 5.69 Å². The first-order chi connectivity index (χ1) is 11.8. The third-order valence-corrected chi connectivity index (χ3v) is 3.94. The molecule has 7 heteroatoms. The van der Waals surface area contributed by atoms with E-state index in [4.69, 9.17) is 8.94 Å². The molecule has 1 aliphatic heterocycles. The van der Waals surface area contributed by atoms with Crippen molar-refractivity contribution in [2.75, 3.05) is 11.4 Å². The summed E-state index contributed by atoms with van der Waals surface area (Å²) in [4.78, 5) is 18.2. The van der Waals surface area contributed by atoms with E-state index >= 15 is 0 Å². The second-order valence-corrected chi connectivity index (χ2v) is 5.61. The quantitative estimate of drug-likeness (QED) is 0.775. The summed E-state index contributed by atoms with van der Waals surface area (Å²) >= 11 is 0. The van der Waals surface area contributed by atoms with E-state index in [0.717, 1.165) is 5.69 Å². The molecule has 1 saturated heterocycles. The summed E-state index contributed by atoms with van der Waals surface area (Å²) in [7, 11) is 0. The normalized spacial score (nSPS) is 17.6. The van der Waals surface area contributed by atoms with Crippen molar-refractivity contribution in [2.45, 2.75) is 19.0 Å². The molecule has 1 atom stereocenters. The maximum atomic E-state index is 12.2. The number of para-hydroxylation sites is 1. The van der Waals surface area contributed by atoms with E-state index < -0.39 is 0 Å². The molecule has 1 N–H and O–H groups in total. The number of nitrogens with one attached hydrogen (secondary N) is 1. The highest BCUT2D eigenvalue weighted by atomic mass is 16.5. The molecular weight excluding hydrogens is 308 g/mol. The molecule has 0 aliphatic carbocycles. The number of amides is 1. The molecule has 1 fully saturated rings. The number of carbonyl (C=O) groups is 1.